The quantitative estimate of drug-likeness (QED) is 0.410. The van der Waals surface area contributed by atoms with Crippen molar-refractivity contribution in [2.24, 2.45) is 0 Å². The molecule has 0 spiro atoms. The molecule has 1 aliphatic heterocycles. The number of benzene rings is 3. The summed E-state index contributed by atoms with van der Waals surface area (Å²) in [6.07, 6.45) is 1.76. The Morgan fingerprint density at radius 1 is 0.970 bits per heavy atom. The Morgan fingerprint density at radius 3 is 2.24 bits per heavy atom. The van der Waals surface area contributed by atoms with Gasteiger partial charge in [0.15, 0.2) is 0 Å². The van der Waals surface area contributed by atoms with E-state index in [1.54, 1.807) is 11.8 Å². The summed E-state index contributed by atoms with van der Waals surface area (Å²) in [7, 11) is 0. The molecule has 0 bridgehead atoms. The summed E-state index contributed by atoms with van der Waals surface area (Å²) in [5.41, 5.74) is 2.09. The molecular weight excluding hydrogens is 430 g/mol. The zero-order valence-corrected chi connectivity index (χ0v) is 19.9. The average molecular weight is 462 g/mol. The molecule has 1 aliphatic rings. The highest BCUT2D eigenvalue weighted by Crippen LogP contribution is 2.38. The van der Waals surface area contributed by atoms with E-state index in [0.29, 0.717) is 26.4 Å². The van der Waals surface area contributed by atoms with Crippen molar-refractivity contribution < 1.29 is 14.3 Å². The van der Waals surface area contributed by atoms with Gasteiger partial charge < -0.3 is 14.8 Å². The number of amides is 1. The van der Waals surface area contributed by atoms with Gasteiger partial charge in [-0.05, 0) is 55.2 Å². The molecule has 0 aliphatic carbocycles. The number of rotatable bonds is 9. The van der Waals surface area contributed by atoms with Crippen LogP contribution in [0.25, 0.3) is 0 Å². The fraction of sp³-hybridized carbons (Fsp3) is 0.321. The third-order valence-corrected chi connectivity index (χ3v) is 7.43. The number of carbonyl (C=O) groups is 1. The SMILES string of the molecule is CCOc1ccc(C2(CNC(=O)C(Sc3ccccc3)c3ccccc3)CCOCC2)cc1. The normalized spacial score (nSPS) is 16.0. The molecule has 172 valence electrons. The Hall–Kier alpha value is -2.76. The van der Waals surface area contributed by atoms with Crippen molar-refractivity contribution in [3.8, 4) is 5.75 Å². The lowest BCUT2D eigenvalue weighted by atomic mass is 9.74. The highest BCUT2D eigenvalue weighted by Gasteiger charge is 2.36. The number of nitrogens with one attached hydrogen (secondary N) is 1. The minimum absolute atomic E-state index is 0.0341. The highest BCUT2D eigenvalue weighted by molar-refractivity contribution is 8.00. The largest absolute Gasteiger partial charge is 0.494 e. The molecule has 1 fully saturated rings. The van der Waals surface area contributed by atoms with E-state index >= 15 is 0 Å². The van der Waals surface area contributed by atoms with Gasteiger partial charge in [-0.25, -0.2) is 0 Å². The maximum atomic E-state index is 13.5. The van der Waals surface area contributed by atoms with E-state index in [1.165, 1.54) is 5.56 Å². The van der Waals surface area contributed by atoms with Crippen LogP contribution in [-0.2, 0) is 14.9 Å². The summed E-state index contributed by atoms with van der Waals surface area (Å²) >= 11 is 1.59. The number of thioether (sulfide) groups is 1. The summed E-state index contributed by atoms with van der Waals surface area (Å²) in [5, 5.41) is 2.99. The Bertz CT molecular complexity index is 1000. The Morgan fingerprint density at radius 2 is 1.61 bits per heavy atom. The molecule has 3 aromatic rings. The first kappa shape index (κ1) is 23.4. The second-order valence-corrected chi connectivity index (χ2v) is 9.47. The van der Waals surface area contributed by atoms with E-state index in [4.69, 9.17) is 9.47 Å². The number of hydrogen-bond donors (Lipinski definition) is 1. The fourth-order valence-corrected chi connectivity index (χ4v) is 5.36. The number of ether oxygens (including phenoxy) is 2. The smallest absolute Gasteiger partial charge is 0.238 e. The van der Waals surface area contributed by atoms with Gasteiger partial charge in [0.05, 0.1) is 6.61 Å². The molecular formula is C28H31NO3S. The first-order valence-corrected chi connectivity index (χ1v) is 12.4. The van der Waals surface area contributed by atoms with E-state index in [2.05, 4.69) is 17.4 Å². The molecule has 0 aromatic heterocycles. The molecule has 5 heteroatoms. The van der Waals surface area contributed by atoms with Gasteiger partial charge in [0.25, 0.3) is 0 Å². The predicted octanol–water partition coefficient (Wildman–Crippen LogP) is 5.78. The number of carbonyl (C=O) groups excluding carboxylic acids is 1. The van der Waals surface area contributed by atoms with Crippen LogP contribution >= 0.6 is 11.8 Å². The molecule has 1 atom stereocenters. The van der Waals surface area contributed by atoms with Crippen LogP contribution in [0.2, 0.25) is 0 Å². The van der Waals surface area contributed by atoms with Crippen molar-refractivity contribution in [1.82, 2.24) is 5.32 Å². The van der Waals surface area contributed by atoms with Crippen LogP contribution in [0.4, 0.5) is 0 Å². The van der Waals surface area contributed by atoms with Crippen molar-refractivity contribution in [2.45, 2.75) is 35.3 Å². The molecule has 33 heavy (non-hydrogen) atoms. The third-order valence-electron chi connectivity index (χ3n) is 6.17. The Labute approximate surface area is 200 Å². The van der Waals surface area contributed by atoms with E-state index in [1.807, 2.05) is 79.7 Å². The van der Waals surface area contributed by atoms with E-state index < -0.39 is 0 Å². The highest BCUT2D eigenvalue weighted by atomic mass is 32.2. The van der Waals surface area contributed by atoms with Crippen LogP contribution in [0, 0.1) is 0 Å². The van der Waals surface area contributed by atoms with Gasteiger partial charge in [0, 0.05) is 30.1 Å². The summed E-state index contributed by atoms with van der Waals surface area (Å²) in [4.78, 5) is 14.6. The van der Waals surface area contributed by atoms with Gasteiger partial charge in [0.2, 0.25) is 5.91 Å². The standard InChI is InChI=1S/C28H31NO3S/c1-2-32-24-15-13-23(14-16-24)28(17-19-31-20-18-28)21-29-27(30)26(22-9-5-3-6-10-22)33-25-11-7-4-8-12-25/h3-16,26H,2,17-21H2,1H3,(H,29,30). The molecule has 3 aromatic carbocycles. The van der Waals surface area contributed by atoms with Crippen LogP contribution in [-0.4, -0.2) is 32.3 Å². The van der Waals surface area contributed by atoms with E-state index in [-0.39, 0.29) is 16.6 Å². The maximum absolute atomic E-state index is 13.5. The van der Waals surface area contributed by atoms with Crippen molar-refractivity contribution >= 4 is 17.7 Å². The topological polar surface area (TPSA) is 47.6 Å². The summed E-state index contributed by atoms with van der Waals surface area (Å²) < 4.78 is 11.3. The second kappa shape index (κ2) is 11.4. The monoisotopic (exact) mass is 461 g/mol. The molecule has 1 saturated heterocycles. The summed E-state index contributed by atoms with van der Waals surface area (Å²) in [5.74, 6) is 0.905. The van der Waals surface area contributed by atoms with Crippen molar-refractivity contribution in [3.05, 3.63) is 96.1 Å². The van der Waals surface area contributed by atoms with Crippen molar-refractivity contribution in [1.29, 1.82) is 0 Å². The van der Waals surface area contributed by atoms with Crippen LogP contribution in [0.5, 0.6) is 5.75 Å². The van der Waals surface area contributed by atoms with Gasteiger partial charge in [-0.3, -0.25) is 4.79 Å². The Balaban J connectivity index is 1.53. The summed E-state index contributed by atoms with van der Waals surface area (Å²) in [6, 6.07) is 28.4. The molecule has 1 N–H and O–H groups in total. The van der Waals surface area contributed by atoms with E-state index in [0.717, 1.165) is 29.1 Å². The van der Waals surface area contributed by atoms with Crippen LogP contribution in [0.3, 0.4) is 0 Å². The molecule has 0 radical (unpaired) electrons. The van der Waals surface area contributed by atoms with Crippen molar-refractivity contribution in [3.63, 3.8) is 0 Å². The average Bonchev–Trinajstić information content (AvgIpc) is 2.88. The zero-order valence-electron chi connectivity index (χ0n) is 19.0. The first-order chi connectivity index (χ1) is 16.2. The minimum Gasteiger partial charge on any atom is -0.494 e. The van der Waals surface area contributed by atoms with Crippen molar-refractivity contribution in [2.75, 3.05) is 26.4 Å². The van der Waals surface area contributed by atoms with Gasteiger partial charge in [-0.2, -0.15) is 0 Å². The van der Waals surface area contributed by atoms with Gasteiger partial charge in [-0.15, -0.1) is 11.8 Å². The van der Waals surface area contributed by atoms with E-state index in [9.17, 15) is 4.79 Å². The molecule has 4 nitrogen and oxygen atoms in total. The second-order valence-electron chi connectivity index (χ2n) is 8.29. The molecule has 4 rings (SSSR count). The first-order valence-electron chi connectivity index (χ1n) is 11.6. The molecule has 1 heterocycles. The minimum atomic E-state index is -0.314. The lowest BCUT2D eigenvalue weighted by Gasteiger charge is -2.38. The number of hydrogen-bond acceptors (Lipinski definition) is 4. The third kappa shape index (κ3) is 5.98. The molecule has 1 amide bonds. The Kier molecular flexibility index (Phi) is 8.08. The molecule has 1 unspecified atom stereocenters. The lowest BCUT2D eigenvalue weighted by Crippen LogP contribution is -2.45. The van der Waals surface area contributed by atoms with Gasteiger partial charge in [0.1, 0.15) is 11.0 Å². The fourth-order valence-electron chi connectivity index (χ4n) is 4.29. The maximum Gasteiger partial charge on any atom is 0.238 e. The zero-order chi connectivity index (χ0) is 22.9. The van der Waals surface area contributed by atoms with Crippen LogP contribution < -0.4 is 10.1 Å². The van der Waals surface area contributed by atoms with Crippen LogP contribution in [0.1, 0.15) is 36.1 Å². The van der Waals surface area contributed by atoms with Gasteiger partial charge >= 0.3 is 0 Å². The van der Waals surface area contributed by atoms with Crippen LogP contribution in [0.15, 0.2) is 89.8 Å². The summed E-state index contributed by atoms with van der Waals surface area (Å²) in [6.45, 7) is 4.62. The van der Waals surface area contributed by atoms with Gasteiger partial charge in [-0.1, -0.05) is 60.7 Å². The predicted molar refractivity (Wildman–Crippen MR) is 134 cm³/mol. The lowest BCUT2D eigenvalue weighted by molar-refractivity contribution is -0.121. The molecule has 0 saturated carbocycles.